The zero-order valence-electron chi connectivity index (χ0n) is 9.48. The highest BCUT2D eigenvalue weighted by Gasteiger charge is 2.22. The zero-order valence-corrected chi connectivity index (χ0v) is 10.3. The third-order valence-corrected chi connectivity index (χ3v) is 3.93. The quantitative estimate of drug-likeness (QED) is 0.715. The molecule has 0 aromatic rings. The van der Waals surface area contributed by atoms with Crippen molar-refractivity contribution in [1.82, 2.24) is 4.90 Å². The molecular weight excluding hydrogens is 212 g/mol. The zero-order chi connectivity index (χ0) is 11.3. The van der Waals surface area contributed by atoms with Crippen molar-refractivity contribution in [1.29, 1.82) is 0 Å². The second-order valence-corrected chi connectivity index (χ2v) is 6.65. The molecule has 1 fully saturated rings. The first-order chi connectivity index (χ1) is 7.03. The maximum Gasteiger partial charge on any atom is 0.148 e. The Morgan fingerprint density at radius 3 is 2.33 bits per heavy atom. The van der Waals surface area contributed by atoms with Gasteiger partial charge in [0.05, 0.1) is 5.75 Å². The monoisotopic (exact) mass is 234 g/mol. The second kappa shape index (κ2) is 5.82. The van der Waals surface area contributed by atoms with Crippen molar-refractivity contribution >= 4 is 9.84 Å². The van der Waals surface area contributed by atoms with E-state index in [1.807, 2.05) is 0 Å². The molecule has 0 radical (unpaired) electrons. The standard InChI is InChI=1S/C10H22N2O2S/c1-15(13,14)9-8-12(7-6-11)10-4-2-3-5-10/h10H,2-9,11H2,1H3. The molecule has 0 unspecified atom stereocenters. The summed E-state index contributed by atoms with van der Waals surface area (Å²) in [7, 11) is -2.85. The van der Waals surface area contributed by atoms with E-state index in [4.69, 9.17) is 5.73 Å². The molecule has 1 saturated carbocycles. The molecule has 2 N–H and O–H groups in total. The van der Waals surface area contributed by atoms with Gasteiger partial charge in [0.25, 0.3) is 0 Å². The van der Waals surface area contributed by atoms with Crippen LogP contribution in [0, 0.1) is 0 Å². The lowest BCUT2D eigenvalue weighted by Gasteiger charge is -2.27. The summed E-state index contributed by atoms with van der Waals surface area (Å²) in [4.78, 5) is 2.24. The molecule has 0 bridgehead atoms. The van der Waals surface area contributed by atoms with Crippen LogP contribution in [-0.2, 0) is 9.84 Å². The molecule has 1 aliphatic rings. The maximum atomic E-state index is 11.1. The van der Waals surface area contributed by atoms with Crippen molar-refractivity contribution in [2.75, 3.05) is 31.6 Å². The van der Waals surface area contributed by atoms with Crippen LogP contribution in [0.1, 0.15) is 25.7 Å². The van der Waals surface area contributed by atoms with E-state index in [-0.39, 0.29) is 5.75 Å². The molecule has 4 nitrogen and oxygen atoms in total. The number of sulfone groups is 1. The van der Waals surface area contributed by atoms with E-state index in [9.17, 15) is 8.42 Å². The molecule has 0 aromatic heterocycles. The Balaban J connectivity index is 2.42. The molecule has 0 heterocycles. The molecule has 90 valence electrons. The van der Waals surface area contributed by atoms with E-state index in [2.05, 4.69) is 4.90 Å². The van der Waals surface area contributed by atoms with Crippen molar-refractivity contribution < 1.29 is 8.42 Å². The highest BCUT2D eigenvalue weighted by atomic mass is 32.2. The first-order valence-corrected chi connectivity index (χ1v) is 7.71. The Bertz CT molecular complexity index is 271. The molecule has 1 aliphatic carbocycles. The van der Waals surface area contributed by atoms with E-state index < -0.39 is 9.84 Å². The number of rotatable bonds is 6. The van der Waals surface area contributed by atoms with Gasteiger partial charge in [-0.05, 0) is 12.8 Å². The van der Waals surface area contributed by atoms with Gasteiger partial charge in [0.2, 0.25) is 0 Å². The van der Waals surface area contributed by atoms with Crippen LogP contribution < -0.4 is 5.73 Å². The Kier molecular flexibility index (Phi) is 5.02. The van der Waals surface area contributed by atoms with Crippen LogP contribution in [0.2, 0.25) is 0 Å². The van der Waals surface area contributed by atoms with Gasteiger partial charge < -0.3 is 5.73 Å². The summed E-state index contributed by atoms with van der Waals surface area (Å²) in [5.74, 6) is 0.253. The van der Waals surface area contributed by atoms with Crippen LogP contribution >= 0.6 is 0 Å². The lowest BCUT2D eigenvalue weighted by Crippen LogP contribution is -2.40. The average Bonchev–Trinajstić information content (AvgIpc) is 2.63. The normalized spacial score (nSPS) is 18.9. The Morgan fingerprint density at radius 2 is 1.87 bits per heavy atom. The topological polar surface area (TPSA) is 63.4 Å². The van der Waals surface area contributed by atoms with Crippen molar-refractivity contribution in [2.45, 2.75) is 31.7 Å². The van der Waals surface area contributed by atoms with E-state index in [0.29, 0.717) is 19.1 Å². The van der Waals surface area contributed by atoms with Crippen LogP contribution in [0.4, 0.5) is 0 Å². The lowest BCUT2D eigenvalue weighted by molar-refractivity contribution is 0.216. The van der Waals surface area contributed by atoms with Gasteiger partial charge >= 0.3 is 0 Å². The van der Waals surface area contributed by atoms with Crippen LogP contribution in [0.25, 0.3) is 0 Å². The summed E-state index contributed by atoms with van der Waals surface area (Å²) < 4.78 is 22.2. The fourth-order valence-electron chi connectivity index (χ4n) is 2.20. The Labute approximate surface area is 92.7 Å². The van der Waals surface area contributed by atoms with E-state index in [0.717, 1.165) is 6.54 Å². The smallest absolute Gasteiger partial charge is 0.148 e. The number of hydrogen-bond acceptors (Lipinski definition) is 4. The van der Waals surface area contributed by atoms with Crippen LogP contribution in [0.5, 0.6) is 0 Å². The number of hydrogen-bond donors (Lipinski definition) is 1. The first kappa shape index (κ1) is 12.9. The largest absolute Gasteiger partial charge is 0.329 e. The summed E-state index contributed by atoms with van der Waals surface area (Å²) in [5, 5.41) is 0. The molecule has 0 spiro atoms. The minimum absolute atomic E-state index is 0.253. The van der Waals surface area contributed by atoms with Gasteiger partial charge in [-0.2, -0.15) is 0 Å². The van der Waals surface area contributed by atoms with Crippen molar-refractivity contribution in [2.24, 2.45) is 5.73 Å². The van der Waals surface area contributed by atoms with E-state index in [1.54, 1.807) is 0 Å². The Hall–Kier alpha value is -0.130. The predicted molar refractivity (Wildman–Crippen MR) is 62.6 cm³/mol. The lowest BCUT2D eigenvalue weighted by atomic mass is 10.2. The van der Waals surface area contributed by atoms with E-state index in [1.165, 1.54) is 31.9 Å². The van der Waals surface area contributed by atoms with Crippen LogP contribution in [-0.4, -0.2) is 51.0 Å². The SMILES string of the molecule is CS(=O)(=O)CCN(CCN)C1CCCC1. The fraction of sp³-hybridized carbons (Fsp3) is 1.00. The molecule has 0 atom stereocenters. The maximum absolute atomic E-state index is 11.1. The number of nitrogens with zero attached hydrogens (tertiary/aromatic N) is 1. The van der Waals surface area contributed by atoms with Gasteiger partial charge in [0, 0.05) is 31.9 Å². The minimum atomic E-state index is -2.85. The molecule has 0 amide bonds. The molecule has 0 aliphatic heterocycles. The predicted octanol–water partition coefficient (Wildman–Crippen LogP) is 0.234. The molecule has 1 rings (SSSR count). The van der Waals surface area contributed by atoms with E-state index >= 15 is 0 Å². The van der Waals surface area contributed by atoms with Crippen molar-refractivity contribution in [3.05, 3.63) is 0 Å². The highest BCUT2D eigenvalue weighted by molar-refractivity contribution is 7.90. The van der Waals surface area contributed by atoms with Crippen LogP contribution in [0.3, 0.4) is 0 Å². The summed E-state index contributed by atoms with van der Waals surface area (Å²) in [5.41, 5.74) is 5.55. The fourth-order valence-corrected chi connectivity index (χ4v) is 2.76. The third-order valence-electron chi connectivity index (χ3n) is 3.01. The summed E-state index contributed by atoms with van der Waals surface area (Å²) in [6, 6.07) is 0.565. The van der Waals surface area contributed by atoms with Gasteiger partial charge in [-0.1, -0.05) is 12.8 Å². The second-order valence-electron chi connectivity index (χ2n) is 4.39. The summed E-state index contributed by atoms with van der Waals surface area (Å²) >= 11 is 0. The number of nitrogens with two attached hydrogens (primary N) is 1. The molecular formula is C10H22N2O2S. The molecule has 5 heteroatoms. The van der Waals surface area contributed by atoms with Gasteiger partial charge in [-0.25, -0.2) is 8.42 Å². The average molecular weight is 234 g/mol. The molecule has 0 aromatic carbocycles. The summed E-state index contributed by atoms with van der Waals surface area (Å²) in [6.07, 6.45) is 6.23. The van der Waals surface area contributed by atoms with Crippen molar-refractivity contribution in [3.8, 4) is 0 Å². The van der Waals surface area contributed by atoms with Gasteiger partial charge in [-0.15, -0.1) is 0 Å². The van der Waals surface area contributed by atoms with Crippen molar-refractivity contribution in [3.63, 3.8) is 0 Å². The molecule has 15 heavy (non-hydrogen) atoms. The van der Waals surface area contributed by atoms with Crippen LogP contribution in [0.15, 0.2) is 0 Å². The molecule has 0 saturated heterocycles. The first-order valence-electron chi connectivity index (χ1n) is 5.65. The highest BCUT2D eigenvalue weighted by Crippen LogP contribution is 2.22. The van der Waals surface area contributed by atoms with Gasteiger partial charge in [-0.3, -0.25) is 4.90 Å². The Morgan fingerprint density at radius 1 is 1.27 bits per heavy atom. The third kappa shape index (κ3) is 4.95. The summed E-state index contributed by atoms with van der Waals surface area (Å²) in [6.45, 7) is 2.07. The van der Waals surface area contributed by atoms with Gasteiger partial charge in [0.15, 0.2) is 0 Å². The minimum Gasteiger partial charge on any atom is -0.329 e. The van der Waals surface area contributed by atoms with Gasteiger partial charge in [0.1, 0.15) is 9.84 Å².